The Balaban J connectivity index is 0.00000180. The van der Waals surface area contributed by atoms with E-state index >= 15 is 0 Å². The number of carbonyl (C=O) groups excluding carboxylic acids is 1. The first-order valence-electron chi connectivity index (χ1n) is 5.91. The minimum atomic E-state index is -0.526. The third-order valence-corrected chi connectivity index (χ3v) is 3.91. The normalized spacial score (nSPS) is 11.2. The van der Waals surface area contributed by atoms with Crippen LogP contribution in [0.2, 0.25) is 0 Å². The van der Waals surface area contributed by atoms with Crippen molar-refractivity contribution < 1.29 is 10.6 Å². The highest BCUT2D eigenvalue weighted by atomic mass is 32.1. The summed E-state index contributed by atoms with van der Waals surface area (Å²) in [4.78, 5) is 16.0. The molecule has 0 aliphatic rings. The van der Waals surface area contributed by atoms with Gasteiger partial charge in [0.05, 0.1) is 15.3 Å². The van der Waals surface area contributed by atoms with Gasteiger partial charge in [-0.3, -0.25) is 4.79 Å². The molecule has 1 aromatic carbocycles. The van der Waals surface area contributed by atoms with Crippen LogP contribution in [0.5, 0.6) is 0 Å². The fraction of sp³-hybridized carbons (Fsp3) is 0.385. The lowest BCUT2D eigenvalue weighted by atomic mass is 10.2. The summed E-state index contributed by atoms with van der Waals surface area (Å²) in [6.45, 7) is 6.30. The highest BCUT2D eigenvalue weighted by molar-refractivity contribution is 7.18. The molecule has 1 heterocycles. The Labute approximate surface area is 111 Å². The van der Waals surface area contributed by atoms with Crippen LogP contribution in [0, 0.1) is 5.82 Å². The molecule has 0 radical (unpaired) electrons. The fourth-order valence-electron chi connectivity index (χ4n) is 1.66. The van der Waals surface area contributed by atoms with Crippen molar-refractivity contribution in [2.24, 2.45) is 0 Å². The van der Waals surface area contributed by atoms with E-state index in [0.717, 1.165) is 9.71 Å². The van der Waals surface area contributed by atoms with E-state index in [1.54, 1.807) is 13.0 Å². The van der Waals surface area contributed by atoms with E-state index in [9.17, 15) is 9.18 Å². The first-order valence-corrected chi connectivity index (χ1v) is 6.73. The molecule has 0 atom stereocenters. The molecule has 18 heavy (non-hydrogen) atoms. The number of aromatic nitrogens is 1. The van der Waals surface area contributed by atoms with E-state index in [-0.39, 0.29) is 12.9 Å². The minimum Gasteiger partial charge on any atom is -0.352 e. The van der Waals surface area contributed by atoms with Gasteiger partial charge in [-0.15, -0.1) is 11.3 Å². The lowest BCUT2D eigenvalue weighted by Gasteiger charge is -2.03. The number of nitrogens with one attached hydrogen (secondary N) is 1. The zero-order valence-corrected chi connectivity index (χ0v) is 11.4. The predicted molar refractivity (Wildman–Crippen MR) is 73.8 cm³/mol. The second-order valence-electron chi connectivity index (χ2n) is 4.34. The molecule has 0 spiro atoms. The Hall–Kier alpha value is -1.49. The van der Waals surface area contributed by atoms with E-state index in [2.05, 4.69) is 10.3 Å². The van der Waals surface area contributed by atoms with Gasteiger partial charge in [0.15, 0.2) is 5.82 Å². The zero-order valence-electron chi connectivity index (χ0n) is 10.6. The number of hydrogen-bond acceptors (Lipinski definition) is 3. The molecular weight excluding hydrogens is 251 g/mol. The number of thiazole rings is 1. The van der Waals surface area contributed by atoms with Crippen LogP contribution in [0.3, 0.4) is 0 Å². The molecule has 2 aromatic rings. The molecule has 0 fully saturated rings. The molecule has 0 aliphatic heterocycles. The molecule has 5 heteroatoms. The molecule has 0 saturated heterocycles. The van der Waals surface area contributed by atoms with E-state index < -0.39 is 11.7 Å². The number of fused-ring (bicyclic) bond motifs is 1. The number of halogens is 1. The average Bonchev–Trinajstić information content (AvgIpc) is 2.74. The van der Waals surface area contributed by atoms with Gasteiger partial charge in [-0.1, -0.05) is 13.8 Å². The number of nitrogens with zero attached hydrogens (tertiary/aromatic N) is 1. The standard InChI is InChI=1S/C13H15FN2OS.H2/c1-4-15-12(17)8-5-6-9-11(10(8)14)16-13(18-9)7(2)3;/h5-7H,4H2,1-3H3,(H,15,17);1H. The Morgan fingerprint density at radius 3 is 2.89 bits per heavy atom. The Morgan fingerprint density at radius 2 is 2.28 bits per heavy atom. The van der Waals surface area contributed by atoms with Gasteiger partial charge in [0.1, 0.15) is 5.52 Å². The molecule has 1 N–H and O–H groups in total. The van der Waals surface area contributed by atoms with Crippen LogP contribution in [0.25, 0.3) is 10.2 Å². The van der Waals surface area contributed by atoms with Gasteiger partial charge in [0, 0.05) is 13.9 Å². The molecule has 1 aromatic heterocycles. The quantitative estimate of drug-likeness (QED) is 0.925. The molecule has 3 nitrogen and oxygen atoms in total. The maximum Gasteiger partial charge on any atom is 0.254 e. The third-order valence-electron chi connectivity index (χ3n) is 2.59. The van der Waals surface area contributed by atoms with Crippen LogP contribution < -0.4 is 5.32 Å². The number of amides is 1. The summed E-state index contributed by atoms with van der Waals surface area (Å²) in [6.07, 6.45) is 0. The first kappa shape index (κ1) is 13.0. The number of benzene rings is 1. The van der Waals surface area contributed by atoms with Gasteiger partial charge < -0.3 is 5.32 Å². The van der Waals surface area contributed by atoms with Gasteiger partial charge in [-0.2, -0.15) is 0 Å². The van der Waals surface area contributed by atoms with Gasteiger partial charge in [-0.05, 0) is 19.1 Å². The van der Waals surface area contributed by atoms with Crippen LogP contribution in [0.1, 0.15) is 43.5 Å². The molecule has 0 bridgehead atoms. The molecule has 1 amide bonds. The van der Waals surface area contributed by atoms with Crippen LogP contribution in [0.15, 0.2) is 12.1 Å². The lowest BCUT2D eigenvalue weighted by Crippen LogP contribution is -2.23. The maximum atomic E-state index is 14.2. The van der Waals surface area contributed by atoms with Crippen molar-refractivity contribution in [3.63, 3.8) is 0 Å². The number of rotatable bonds is 3. The van der Waals surface area contributed by atoms with Gasteiger partial charge in [0.25, 0.3) is 5.91 Å². The number of hydrogen-bond donors (Lipinski definition) is 1. The Bertz CT molecular complexity index is 598. The van der Waals surface area contributed by atoms with Gasteiger partial charge in [-0.25, -0.2) is 9.37 Å². The van der Waals surface area contributed by atoms with Gasteiger partial charge >= 0.3 is 0 Å². The predicted octanol–water partition coefficient (Wildman–Crippen LogP) is 3.55. The second-order valence-corrected chi connectivity index (χ2v) is 5.40. The van der Waals surface area contributed by atoms with Crippen molar-refractivity contribution in [3.05, 3.63) is 28.5 Å². The van der Waals surface area contributed by atoms with Crippen molar-refractivity contribution >= 4 is 27.5 Å². The Morgan fingerprint density at radius 1 is 1.56 bits per heavy atom. The number of carbonyl (C=O) groups is 1. The van der Waals surface area contributed by atoms with Crippen LogP contribution in [-0.4, -0.2) is 17.4 Å². The summed E-state index contributed by atoms with van der Waals surface area (Å²) in [5, 5.41) is 3.48. The molecule has 98 valence electrons. The van der Waals surface area contributed by atoms with Crippen molar-refractivity contribution in [1.82, 2.24) is 10.3 Å². The molecule has 0 aliphatic carbocycles. The highest BCUT2D eigenvalue weighted by Crippen LogP contribution is 2.30. The van der Waals surface area contributed by atoms with E-state index in [1.807, 2.05) is 13.8 Å². The van der Waals surface area contributed by atoms with Crippen molar-refractivity contribution in [2.75, 3.05) is 6.54 Å². The van der Waals surface area contributed by atoms with E-state index in [0.29, 0.717) is 12.1 Å². The summed E-state index contributed by atoms with van der Waals surface area (Å²) < 4.78 is 15.0. The SMILES string of the molecule is CCNC(=O)c1ccc2sc(C(C)C)nc2c1F.[HH]. The summed E-state index contributed by atoms with van der Waals surface area (Å²) >= 11 is 1.47. The monoisotopic (exact) mass is 268 g/mol. The molecule has 0 saturated carbocycles. The fourth-order valence-corrected chi connectivity index (χ4v) is 2.62. The summed E-state index contributed by atoms with van der Waals surface area (Å²) in [7, 11) is 0. The van der Waals surface area contributed by atoms with E-state index in [1.165, 1.54) is 17.4 Å². The lowest BCUT2D eigenvalue weighted by molar-refractivity contribution is 0.0952. The summed E-state index contributed by atoms with van der Waals surface area (Å²) in [5.74, 6) is -0.660. The van der Waals surface area contributed by atoms with E-state index in [4.69, 9.17) is 0 Å². The largest absolute Gasteiger partial charge is 0.352 e. The minimum absolute atomic E-state index is 0. The summed E-state index contributed by atoms with van der Waals surface area (Å²) in [6, 6.07) is 3.28. The maximum absolute atomic E-state index is 14.2. The second kappa shape index (κ2) is 5.02. The van der Waals surface area contributed by atoms with Gasteiger partial charge in [0.2, 0.25) is 0 Å². The van der Waals surface area contributed by atoms with Crippen molar-refractivity contribution in [1.29, 1.82) is 0 Å². The molecular formula is C13H17FN2OS. The topological polar surface area (TPSA) is 42.0 Å². The molecule has 2 rings (SSSR count). The van der Waals surface area contributed by atoms with Crippen LogP contribution in [-0.2, 0) is 0 Å². The van der Waals surface area contributed by atoms with Crippen LogP contribution in [0.4, 0.5) is 4.39 Å². The average molecular weight is 268 g/mol. The highest BCUT2D eigenvalue weighted by Gasteiger charge is 2.17. The zero-order chi connectivity index (χ0) is 13.3. The van der Waals surface area contributed by atoms with Crippen molar-refractivity contribution in [3.8, 4) is 0 Å². The third kappa shape index (κ3) is 2.22. The molecule has 0 unspecified atom stereocenters. The first-order chi connectivity index (χ1) is 8.54. The smallest absolute Gasteiger partial charge is 0.254 e. The van der Waals surface area contributed by atoms with Crippen molar-refractivity contribution in [2.45, 2.75) is 26.7 Å². The van der Waals surface area contributed by atoms with Crippen LogP contribution >= 0.6 is 11.3 Å². The summed E-state index contributed by atoms with van der Waals surface area (Å²) in [5.41, 5.74) is 0.359. The Kier molecular flexibility index (Phi) is 3.61.